The number of rotatable bonds is 4. The van der Waals surface area contributed by atoms with Crippen molar-refractivity contribution in [3.8, 4) is 17.5 Å². The van der Waals surface area contributed by atoms with Crippen LogP contribution in [0.2, 0.25) is 0 Å². The number of amides is 1. The fourth-order valence-electron chi connectivity index (χ4n) is 3.75. The number of hydrogen-bond donors (Lipinski definition) is 2. The van der Waals surface area contributed by atoms with Crippen LogP contribution in [0.15, 0.2) is 84.6 Å². The van der Waals surface area contributed by atoms with Crippen molar-refractivity contribution < 1.29 is 4.79 Å². The highest BCUT2D eigenvalue weighted by Crippen LogP contribution is 2.36. The van der Waals surface area contributed by atoms with Crippen LogP contribution in [0.3, 0.4) is 0 Å². The monoisotopic (exact) mass is 434 g/mol. The van der Waals surface area contributed by atoms with Crippen molar-refractivity contribution in [1.82, 2.24) is 24.7 Å². The average Bonchev–Trinajstić information content (AvgIpc) is 3.28. The molecule has 1 aliphatic rings. The number of carbonyl (C=O) groups excluding carboxylic acids is 1. The van der Waals surface area contributed by atoms with E-state index in [1.807, 2.05) is 31.2 Å². The minimum absolute atomic E-state index is 0.286. The second-order valence-electron chi connectivity index (χ2n) is 7.44. The van der Waals surface area contributed by atoms with E-state index >= 15 is 0 Å². The average molecular weight is 434 g/mol. The van der Waals surface area contributed by atoms with E-state index in [1.54, 1.807) is 53.7 Å². The van der Waals surface area contributed by atoms with E-state index in [0.29, 0.717) is 34.3 Å². The van der Waals surface area contributed by atoms with Gasteiger partial charge >= 0.3 is 0 Å². The molecule has 1 unspecified atom stereocenters. The Morgan fingerprint density at radius 3 is 2.52 bits per heavy atom. The Kier molecular flexibility index (Phi) is 5.09. The normalized spacial score (nSPS) is 14.7. The third-order valence-electron chi connectivity index (χ3n) is 5.29. The molecule has 0 bridgehead atoms. The Morgan fingerprint density at radius 2 is 1.85 bits per heavy atom. The van der Waals surface area contributed by atoms with Crippen LogP contribution in [0.4, 0.5) is 11.6 Å². The molecule has 2 N–H and O–H groups in total. The third kappa shape index (κ3) is 3.81. The predicted molar refractivity (Wildman–Crippen MR) is 122 cm³/mol. The predicted octanol–water partition coefficient (Wildman–Crippen LogP) is 3.53. The number of anilines is 2. The number of fused-ring (bicyclic) bond motifs is 1. The Morgan fingerprint density at radius 1 is 1.09 bits per heavy atom. The highest BCUT2D eigenvalue weighted by atomic mass is 16.1. The van der Waals surface area contributed by atoms with Crippen molar-refractivity contribution in [1.29, 1.82) is 5.26 Å². The van der Waals surface area contributed by atoms with Gasteiger partial charge in [0, 0.05) is 29.9 Å². The van der Waals surface area contributed by atoms with Crippen LogP contribution in [-0.4, -0.2) is 30.6 Å². The van der Waals surface area contributed by atoms with E-state index in [-0.39, 0.29) is 5.91 Å². The van der Waals surface area contributed by atoms with Crippen molar-refractivity contribution in [2.45, 2.75) is 13.0 Å². The summed E-state index contributed by atoms with van der Waals surface area (Å²) in [7, 11) is 0. The Hall–Kier alpha value is -4.84. The number of nitrogens with zero attached hydrogens (tertiary/aromatic N) is 6. The molecule has 1 aliphatic heterocycles. The van der Waals surface area contributed by atoms with Crippen LogP contribution in [0.5, 0.6) is 0 Å². The van der Waals surface area contributed by atoms with E-state index in [9.17, 15) is 10.1 Å². The zero-order chi connectivity index (χ0) is 22.8. The maximum absolute atomic E-state index is 13.4. The van der Waals surface area contributed by atoms with Gasteiger partial charge in [-0.25, -0.2) is 4.68 Å². The lowest BCUT2D eigenvalue weighted by atomic mass is 9.94. The summed E-state index contributed by atoms with van der Waals surface area (Å²) < 4.78 is 1.69. The molecule has 3 aromatic heterocycles. The lowest BCUT2D eigenvalue weighted by Crippen LogP contribution is -2.31. The number of nitriles is 1. The minimum atomic E-state index is -0.552. The van der Waals surface area contributed by atoms with Gasteiger partial charge in [-0.15, -0.1) is 5.10 Å². The first-order valence-electron chi connectivity index (χ1n) is 10.2. The number of pyridine rings is 2. The van der Waals surface area contributed by atoms with Crippen molar-refractivity contribution >= 4 is 17.5 Å². The fourth-order valence-corrected chi connectivity index (χ4v) is 3.75. The summed E-state index contributed by atoms with van der Waals surface area (Å²) in [6, 6.07) is 15.9. The molecule has 160 valence electrons. The number of benzene rings is 1. The standard InChI is InChI=1S/C24H18N8O/c1-15-20(23(33)29-19-5-3-11-27-14-19)21(17-8-6-16(12-25)7-9-17)32-24(28-15)30-22(31-32)18-4-2-10-26-13-18/h2-11,13-14,21H,1H3,(H,29,33)(H,28,30,31). The molecule has 1 amide bonds. The third-order valence-corrected chi connectivity index (χ3v) is 5.29. The van der Waals surface area contributed by atoms with Crippen molar-refractivity contribution in [2.75, 3.05) is 10.6 Å². The number of hydrogen-bond acceptors (Lipinski definition) is 7. The summed E-state index contributed by atoms with van der Waals surface area (Å²) in [5, 5.41) is 20.0. The van der Waals surface area contributed by atoms with Crippen LogP contribution in [0.1, 0.15) is 24.1 Å². The molecule has 9 nitrogen and oxygen atoms in total. The molecule has 0 spiro atoms. The lowest BCUT2D eigenvalue weighted by molar-refractivity contribution is -0.113. The van der Waals surface area contributed by atoms with E-state index in [0.717, 1.165) is 11.1 Å². The van der Waals surface area contributed by atoms with E-state index in [1.165, 1.54) is 0 Å². The summed E-state index contributed by atoms with van der Waals surface area (Å²) in [4.78, 5) is 26.3. The first-order valence-corrected chi connectivity index (χ1v) is 10.2. The van der Waals surface area contributed by atoms with Gasteiger partial charge in [0.05, 0.1) is 29.1 Å². The first kappa shape index (κ1) is 20.1. The summed E-state index contributed by atoms with van der Waals surface area (Å²) in [5.74, 6) is 0.719. The highest BCUT2D eigenvalue weighted by Gasteiger charge is 2.34. The van der Waals surface area contributed by atoms with Gasteiger partial charge in [-0.2, -0.15) is 10.2 Å². The quantitative estimate of drug-likeness (QED) is 0.504. The van der Waals surface area contributed by atoms with E-state index in [4.69, 9.17) is 5.10 Å². The van der Waals surface area contributed by atoms with Crippen LogP contribution < -0.4 is 10.6 Å². The summed E-state index contributed by atoms with van der Waals surface area (Å²) >= 11 is 0. The molecule has 1 aromatic carbocycles. The van der Waals surface area contributed by atoms with Gasteiger partial charge in [0.25, 0.3) is 5.91 Å². The first-order chi connectivity index (χ1) is 16.1. The summed E-state index contributed by atoms with van der Waals surface area (Å²) in [6.45, 7) is 1.83. The smallest absolute Gasteiger partial charge is 0.255 e. The van der Waals surface area contributed by atoms with Gasteiger partial charge in [-0.1, -0.05) is 12.1 Å². The van der Waals surface area contributed by atoms with Gasteiger partial charge in [0.15, 0.2) is 5.82 Å². The molecule has 5 rings (SSSR count). The second kappa shape index (κ2) is 8.36. The topological polar surface area (TPSA) is 121 Å². The molecule has 0 saturated heterocycles. The molecule has 4 aromatic rings. The van der Waals surface area contributed by atoms with E-state index < -0.39 is 6.04 Å². The van der Waals surface area contributed by atoms with Crippen molar-refractivity contribution in [3.05, 3.63) is 95.7 Å². The maximum atomic E-state index is 13.4. The Labute approximate surface area is 189 Å². The number of carbonyl (C=O) groups is 1. The molecule has 0 radical (unpaired) electrons. The minimum Gasteiger partial charge on any atom is -0.328 e. The molecular formula is C24H18N8O. The Balaban J connectivity index is 1.61. The van der Waals surface area contributed by atoms with Crippen LogP contribution in [0.25, 0.3) is 11.4 Å². The lowest BCUT2D eigenvalue weighted by Gasteiger charge is -2.28. The van der Waals surface area contributed by atoms with Crippen molar-refractivity contribution in [3.63, 3.8) is 0 Å². The fraction of sp³-hybridized carbons (Fsp3) is 0.0833. The van der Waals surface area contributed by atoms with Crippen LogP contribution >= 0.6 is 0 Å². The van der Waals surface area contributed by atoms with Crippen molar-refractivity contribution in [2.24, 2.45) is 0 Å². The zero-order valence-corrected chi connectivity index (χ0v) is 17.6. The molecule has 0 aliphatic carbocycles. The van der Waals surface area contributed by atoms with E-state index in [2.05, 4.69) is 31.7 Å². The molecule has 0 saturated carbocycles. The van der Waals surface area contributed by atoms with Gasteiger partial charge in [0.2, 0.25) is 5.95 Å². The maximum Gasteiger partial charge on any atom is 0.255 e. The van der Waals surface area contributed by atoms with Crippen LogP contribution in [-0.2, 0) is 4.79 Å². The van der Waals surface area contributed by atoms with Gasteiger partial charge < -0.3 is 10.6 Å². The Bertz CT molecular complexity index is 1390. The summed E-state index contributed by atoms with van der Waals surface area (Å²) in [5.41, 5.74) is 3.82. The SMILES string of the molecule is CC1=C(C(=O)Nc2cccnc2)C(c2ccc(C#N)cc2)n2nc(-c3cccnc3)nc2N1. The summed E-state index contributed by atoms with van der Waals surface area (Å²) in [6.07, 6.45) is 6.60. The number of aromatic nitrogens is 5. The number of allylic oxidation sites excluding steroid dienone is 1. The number of nitrogens with one attached hydrogen (secondary N) is 2. The molecule has 0 fully saturated rings. The van der Waals surface area contributed by atoms with Gasteiger partial charge in [-0.05, 0) is 48.9 Å². The molecule has 33 heavy (non-hydrogen) atoms. The molecule has 9 heteroatoms. The second-order valence-corrected chi connectivity index (χ2v) is 7.44. The highest BCUT2D eigenvalue weighted by molar-refractivity contribution is 6.05. The molecule has 1 atom stereocenters. The van der Waals surface area contributed by atoms with Crippen LogP contribution in [0, 0.1) is 11.3 Å². The van der Waals surface area contributed by atoms with Gasteiger partial charge in [-0.3, -0.25) is 14.8 Å². The zero-order valence-electron chi connectivity index (χ0n) is 17.6. The largest absolute Gasteiger partial charge is 0.328 e. The molecular weight excluding hydrogens is 416 g/mol. The van der Waals surface area contributed by atoms with Gasteiger partial charge in [0.1, 0.15) is 6.04 Å². The molecule has 4 heterocycles.